The SMILES string of the molecule is COc1ccc(CNC(=O)C(=O)N2CCN(c3cccc(Cl)c3)CC2)cc1. The molecule has 3 rings (SSSR count). The second kappa shape index (κ2) is 8.77. The van der Waals surface area contributed by atoms with Crippen LogP contribution in [0.1, 0.15) is 5.56 Å². The van der Waals surface area contributed by atoms with Crippen LogP contribution in [0.15, 0.2) is 48.5 Å². The highest BCUT2D eigenvalue weighted by molar-refractivity contribution is 6.35. The molecule has 0 atom stereocenters. The number of methoxy groups -OCH3 is 1. The Balaban J connectivity index is 1.48. The van der Waals surface area contributed by atoms with Crippen LogP contribution in [0.3, 0.4) is 0 Å². The number of piperazine rings is 1. The molecule has 1 saturated heterocycles. The van der Waals surface area contributed by atoms with Crippen molar-refractivity contribution in [1.82, 2.24) is 10.2 Å². The van der Waals surface area contributed by atoms with E-state index in [1.54, 1.807) is 12.0 Å². The minimum Gasteiger partial charge on any atom is -0.497 e. The molecule has 0 spiro atoms. The van der Waals surface area contributed by atoms with Gasteiger partial charge in [0, 0.05) is 43.4 Å². The van der Waals surface area contributed by atoms with E-state index in [1.807, 2.05) is 48.5 Å². The standard InChI is InChI=1S/C20H22ClN3O3/c1-27-18-7-5-15(6-8-18)14-22-19(25)20(26)24-11-9-23(10-12-24)17-4-2-3-16(21)13-17/h2-8,13H,9-12,14H2,1H3,(H,22,25). The van der Waals surface area contributed by atoms with Gasteiger partial charge in [-0.2, -0.15) is 0 Å². The summed E-state index contributed by atoms with van der Waals surface area (Å²) < 4.78 is 5.10. The molecule has 0 radical (unpaired) electrons. The smallest absolute Gasteiger partial charge is 0.312 e. The second-order valence-electron chi connectivity index (χ2n) is 6.29. The highest BCUT2D eigenvalue weighted by Gasteiger charge is 2.26. The van der Waals surface area contributed by atoms with Crippen LogP contribution < -0.4 is 15.0 Å². The number of hydrogen-bond acceptors (Lipinski definition) is 4. The Morgan fingerprint density at radius 2 is 1.78 bits per heavy atom. The molecule has 0 aliphatic carbocycles. The molecule has 2 amide bonds. The third-order valence-corrected chi connectivity index (χ3v) is 4.78. The van der Waals surface area contributed by atoms with Crippen LogP contribution >= 0.6 is 11.6 Å². The summed E-state index contributed by atoms with van der Waals surface area (Å²) in [6, 6.07) is 15.0. The van der Waals surface area contributed by atoms with E-state index in [0.29, 0.717) is 37.7 Å². The zero-order chi connectivity index (χ0) is 19.2. The van der Waals surface area contributed by atoms with Crippen LogP contribution in [0.5, 0.6) is 5.75 Å². The van der Waals surface area contributed by atoms with Crippen molar-refractivity contribution >= 4 is 29.1 Å². The predicted octanol–water partition coefficient (Wildman–Crippen LogP) is 2.31. The lowest BCUT2D eigenvalue weighted by atomic mass is 10.2. The van der Waals surface area contributed by atoms with Crippen LogP contribution in [0.2, 0.25) is 5.02 Å². The number of carbonyl (C=O) groups is 2. The van der Waals surface area contributed by atoms with E-state index in [4.69, 9.17) is 16.3 Å². The number of ether oxygens (including phenoxy) is 1. The first kappa shape index (κ1) is 19.0. The highest BCUT2D eigenvalue weighted by Crippen LogP contribution is 2.20. The van der Waals surface area contributed by atoms with E-state index < -0.39 is 11.8 Å². The molecule has 1 aliphatic heterocycles. The number of halogens is 1. The molecule has 1 aliphatic rings. The van der Waals surface area contributed by atoms with Gasteiger partial charge in [-0.3, -0.25) is 9.59 Å². The lowest BCUT2D eigenvalue weighted by Crippen LogP contribution is -2.52. The summed E-state index contributed by atoms with van der Waals surface area (Å²) in [6.07, 6.45) is 0. The minimum atomic E-state index is -0.581. The van der Waals surface area contributed by atoms with Crippen LogP contribution in [0.25, 0.3) is 0 Å². The zero-order valence-corrected chi connectivity index (χ0v) is 15.9. The molecule has 27 heavy (non-hydrogen) atoms. The molecular formula is C20H22ClN3O3. The van der Waals surface area contributed by atoms with E-state index in [0.717, 1.165) is 17.0 Å². The fourth-order valence-electron chi connectivity index (χ4n) is 2.99. The molecule has 0 unspecified atom stereocenters. The molecule has 2 aromatic rings. The predicted molar refractivity (Wildman–Crippen MR) is 105 cm³/mol. The largest absolute Gasteiger partial charge is 0.497 e. The fourth-order valence-corrected chi connectivity index (χ4v) is 3.17. The maximum Gasteiger partial charge on any atom is 0.312 e. The summed E-state index contributed by atoms with van der Waals surface area (Å²) in [6.45, 7) is 2.63. The van der Waals surface area contributed by atoms with Gasteiger partial charge >= 0.3 is 11.8 Å². The van der Waals surface area contributed by atoms with Crippen molar-refractivity contribution in [1.29, 1.82) is 0 Å². The Bertz CT molecular complexity index is 802. The monoisotopic (exact) mass is 387 g/mol. The first-order valence-corrected chi connectivity index (χ1v) is 9.15. The lowest BCUT2D eigenvalue weighted by molar-refractivity contribution is -0.146. The van der Waals surface area contributed by atoms with E-state index in [2.05, 4.69) is 10.2 Å². The van der Waals surface area contributed by atoms with Crippen LogP contribution in [0.4, 0.5) is 5.69 Å². The second-order valence-corrected chi connectivity index (χ2v) is 6.73. The zero-order valence-electron chi connectivity index (χ0n) is 15.2. The minimum absolute atomic E-state index is 0.303. The molecule has 1 heterocycles. The van der Waals surface area contributed by atoms with Gasteiger partial charge < -0.3 is 19.9 Å². The maximum absolute atomic E-state index is 12.4. The summed E-state index contributed by atoms with van der Waals surface area (Å²) in [4.78, 5) is 28.3. The number of benzene rings is 2. The Labute approximate surface area is 163 Å². The van der Waals surface area contributed by atoms with Crippen molar-refractivity contribution in [2.24, 2.45) is 0 Å². The summed E-state index contributed by atoms with van der Waals surface area (Å²) >= 11 is 6.04. The molecule has 1 N–H and O–H groups in total. The Kier molecular flexibility index (Phi) is 6.19. The van der Waals surface area contributed by atoms with Gasteiger partial charge in [0.2, 0.25) is 0 Å². The normalized spacial score (nSPS) is 14.0. The van der Waals surface area contributed by atoms with Gasteiger partial charge in [0.15, 0.2) is 0 Å². The molecule has 0 saturated carbocycles. The van der Waals surface area contributed by atoms with Gasteiger partial charge in [-0.25, -0.2) is 0 Å². The topological polar surface area (TPSA) is 61.9 Å². The van der Waals surface area contributed by atoms with E-state index >= 15 is 0 Å². The van der Waals surface area contributed by atoms with Crippen LogP contribution in [-0.2, 0) is 16.1 Å². The van der Waals surface area contributed by atoms with Crippen molar-refractivity contribution in [2.75, 3.05) is 38.2 Å². The maximum atomic E-state index is 12.4. The molecule has 6 nitrogen and oxygen atoms in total. The number of hydrogen-bond donors (Lipinski definition) is 1. The molecule has 1 fully saturated rings. The lowest BCUT2D eigenvalue weighted by Gasteiger charge is -2.35. The van der Waals surface area contributed by atoms with Crippen molar-refractivity contribution in [3.8, 4) is 5.75 Å². The van der Waals surface area contributed by atoms with E-state index in [-0.39, 0.29) is 0 Å². The Morgan fingerprint density at radius 3 is 2.41 bits per heavy atom. The highest BCUT2D eigenvalue weighted by atomic mass is 35.5. The first-order valence-electron chi connectivity index (χ1n) is 8.77. The van der Waals surface area contributed by atoms with Gasteiger partial charge in [0.05, 0.1) is 7.11 Å². The Hall–Kier alpha value is -2.73. The average molecular weight is 388 g/mol. The molecule has 142 valence electrons. The van der Waals surface area contributed by atoms with Gasteiger partial charge in [-0.1, -0.05) is 29.8 Å². The Morgan fingerprint density at radius 1 is 1.07 bits per heavy atom. The van der Waals surface area contributed by atoms with E-state index in [1.165, 1.54) is 0 Å². The quantitative estimate of drug-likeness (QED) is 0.818. The van der Waals surface area contributed by atoms with Gasteiger partial charge in [-0.05, 0) is 35.9 Å². The summed E-state index contributed by atoms with van der Waals surface area (Å²) in [5, 5.41) is 3.37. The van der Waals surface area contributed by atoms with Crippen LogP contribution in [0, 0.1) is 0 Å². The molecule has 2 aromatic carbocycles. The molecule has 0 bridgehead atoms. The van der Waals surface area contributed by atoms with Gasteiger partial charge in [-0.15, -0.1) is 0 Å². The average Bonchev–Trinajstić information content (AvgIpc) is 2.72. The molecular weight excluding hydrogens is 366 g/mol. The number of rotatable bonds is 4. The first-order chi connectivity index (χ1) is 13.1. The number of nitrogens with one attached hydrogen (secondary N) is 1. The molecule has 0 aromatic heterocycles. The van der Waals surface area contributed by atoms with Gasteiger partial charge in [0.1, 0.15) is 5.75 Å². The molecule has 7 heteroatoms. The third kappa shape index (κ3) is 4.92. The number of anilines is 1. The van der Waals surface area contributed by atoms with Crippen molar-refractivity contribution < 1.29 is 14.3 Å². The summed E-state index contributed by atoms with van der Waals surface area (Å²) in [5.74, 6) is -0.324. The van der Waals surface area contributed by atoms with Crippen molar-refractivity contribution in [3.63, 3.8) is 0 Å². The number of amides is 2. The number of carbonyl (C=O) groups excluding carboxylic acids is 2. The summed E-state index contributed by atoms with van der Waals surface area (Å²) in [7, 11) is 1.60. The van der Waals surface area contributed by atoms with Gasteiger partial charge in [0.25, 0.3) is 0 Å². The van der Waals surface area contributed by atoms with E-state index in [9.17, 15) is 9.59 Å². The summed E-state index contributed by atoms with van der Waals surface area (Å²) in [5.41, 5.74) is 1.93. The fraction of sp³-hybridized carbons (Fsp3) is 0.300. The van der Waals surface area contributed by atoms with Crippen molar-refractivity contribution in [3.05, 3.63) is 59.1 Å². The number of nitrogens with zero attached hydrogens (tertiary/aromatic N) is 2. The van der Waals surface area contributed by atoms with Crippen molar-refractivity contribution in [2.45, 2.75) is 6.54 Å². The third-order valence-electron chi connectivity index (χ3n) is 4.55. The van der Waals surface area contributed by atoms with Crippen LogP contribution in [-0.4, -0.2) is 50.0 Å².